The number of thiazole rings is 1. The summed E-state index contributed by atoms with van der Waals surface area (Å²) < 4.78 is 5.23. The Hall–Kier alpha value is -0.690. The number of aliphatic hydroxyl groups excluding tert-OH is 2. The molecule has 0 aromatic carbocycles. The lowest BCUT2D eigenvalue weighted by Gasteiger charge is -2.14. The summed E-state index contributed by atoms with van der Waals surface area (Å²) in [5.74, 6) is 0. The van der Waals surface area contributed by atoms with Crippen molar-refractivity contribution in [1.82, 2.24) is 10.3 Å². The predicted molar refractivity (Wildman–Crippen MR) is 58.2 cm³/mol. The molecule has 1 heterocycles. The van der Waals surface area contributed by atoms with E-state index in [4.69, 9.17) is 9.84 Å². The quantitative estimate of drug-likeness (QED) is 0.610. The summed E-state index contributed by atoms with van der Waals surface area (Å²) in [5.41, 5.74) is 0. The third-order valence-electron chi connectivity index (χ3n) is 1.78. The highest BCUT2D eigenvalue weighted by Crippen LogP contribution is 2.13. The Labute approximate surface area is 92.7 Å². The van der Waals surface area contributed by atoms with Gasteiger partial charge >= 0.3 is 0 Å². The molecule has 3 N–H and O–H groups in total. The molecule has 86 valence electrons. The first kappa shape index (κ1) is 12.4. The maximum atomic E-state index is 9.50. The fourth-order valence-electron chi connectivity index (χ4n) is 0.910. The number of nitrogens with one attached hydrogen (secondary N) is 1. The lowest BCUT2D eigenvalue weighted by atomic mass is 10.3. The molecule has 15 heavy (non-hydrogen) atoms. The van der Waals surface area contributed by atoms with Crippen LogP contribution in [0.25, 0.3) is 0 Å². The molecule has 0 fully saturated rings. The van der Waals surface area contributed by atoms with Crippen LogP contribution in [0.15, 0.2) is 11.6 Å². The minimum atomic E-state index is -0.595. The van der Waals surface area contributed by atoms with E-state index in [1.807, 2.05) is 12.3 Å². The molecule has 0 spiro atoms. The summed E-state index contributed by atoms with van der Waals surface area (Å²) >= 11 is 1.39. The molecule has 1 aromatic rings. The number of ether oxygens (including phenoxy) is 1. The molecule has 0 radical (unpaired) electrons. The van der Waals surface area contributed by atoms with Crippen molar-refractivity contribution in [3.05, 3.63) is 11.6 Å². The molecular formula is C9H16N2O3S. The summed E-state index contributed by atoms with van der Waals surface area (Å²) in [5, 5.41) is 23.6. The van der Waals surface area contributed by atoms with E-state index < -0.39 is 6.10 Å². The number of aromatic nitrogens is 1. The van der Waals surface area contributed by atoms with E-state index in [0.717, 1.165) is 0 Å². The highest BCUT2D eigenvalue weighted by molar-refractivity contribution is 7.11. The van der Waals surface area contributed by atoms with Gasteiger partial charge in [-0.2, -0.15) is 0 Å². The third kappa shape index (κ3) is 5.08. The molecule has 6 heteroatoms. The molecule has 5 nitrogen and oxygen atoms in total. The average molecular weight is 232 g/mol. The molecule has 0 aliphatic carbocycles. The van der Waals surface area contributed by atoms with E-state index >= 15 is 0 Å². The number of nitrogens with zero attached hydrogens (tertiary/aromatic N) is 1. The van der Waals surface area contributed by atoms with Crippen molar-refractivity contribution in [1.29, 1.82) is 0 Å². The van der Waals surface area contributed by atoms with Crippen LogP contribution in [0.5, 0.6) is 5.19 Å². The van der Waals surface area contributed by atoms with E-state index in [9.17, 15) is 5.11 Å². The summed E-state index contributed by atoms with van der Waals surface area (Å²) in [6, 6.07) is -0.0143. The van der Waals surface area contributed by atoms with Gasteiger partial charge in [0.25, 0.3) is 5.19 Å². The van der Waals surface area contributed by atoms with Crippen LogP contribution in [0, 0.1) is 0 Å². The second-order valence-electron chi connectivity index (χ2n) is 3.25. The standard InChI is InChI=1S/C9H16N2O3S/c1-7(5-12)11-4-8(13)6-14-9-10-2-3-15-9/h2-3,7-8,11-13H,4-6H2,1H3. The molecule has 0 bridgehead atoms. The van der Waals surface area contributed by atoms with Crippen molar-refractivity contribution in [2.24, 2.45) is 0 Å². The van der Waals surface area contributed by atoms with Crippen LogP contribution in [-0.2, 0) is 0 Å². The van der Waals surface area contributed by atoms with Gasteiger partial charge in [0.15, 0.2) is 0 Å². The summed E-state index contributed by atoms with van der Waals surface area (Å²) in [6.07, 6.45) is 1.06. The normalized spacial score (nSPS) is 14.9. The lowest BCUT2D eigenvalue weighted by molar-refractivity contribution is 0.101. The van der Waals surface area contributed by atoms with E-state index in [0.29, 0.717) is 11.7 Å². The van der Waals surface area contributed by atoms with Crippen LogP contribution in [0.4, 0.5) is 0 Å². The zero-order chi connectivity index (χ0) is 11.1. The second-order valence-corrected chi connectivity index (χ2v) is 4.11. The van der Waals surface area contributed by atoms with Crippen molar-refractivity contribution in [2.75, 3.05) is 19.8 Å². The Morgan fingerprint density at radius 2 is 2.47 bits per heavy atom. The topological polar surface area (TPSA) is 74.6 Å². The monoisotopic (exact) mass is 232 g/mol. The number of rotatable bonds is 7. The van der Waals surface area contributed by atoms with Gasteiger partial charge in [0.05, 0.1) is 6.61 Å². The SMILES string of the molecule is CC(CO)NCC(O)COc1nccs1. The Bertz CT molecular complexity index is 256. The van der Waals surface area contributed by atoms with E-state index in [-0.39, 0.29) is 19.3 Å². The van der Waals surface area contributed by atoms with Gasteiger partial charge in [0.1, 0.15) is 12.7 Å². The van der Waals surface area contributed by atoms with E-state index in [1.165, 1.54) is 11.3 Å². The first-order valence-corrected chi connectivity index (χ1v) is 5.65. The van der Waals surface area contributed by atoms with E-state index in [1.54, 1.807) is 6.20 Å². The molecule has 1 rings (SSSR count). The van der Waals surface area contributed by atoms with Crippen LogP contribution in [-0.4, -0.2) is 47.1 Å². The summed E-state index contributed by atoms with van der Waals surface area (Å²) in [4.78, 5) is 3.92. The predicted octanol–water partition coefficient (Wildman–Crippen LogP) is -0.147. The second kappa shape index (κ2) is 6.73. The maximum absolute atomic E-state index is 9.50. The van der Waals surface area contributed by atoms with Crippen molar-refractivity contribution in [2.45, 2.75) is 19.1 Å². The van der Waals surface area contributed by atoms with Crippen LogP contribution >= 0.6 is 11.3 Å². The molecular weight excluding hydrogens is 216 g/mol. The van der Waals surface area contributed by atoms with Crippen LogP contribution in [0.1, 0.15) is 6.92 Å². The van der Waals surface area contributed by atoms with Gasteiger partial charge in [-0.3, -0.25) is 0 Å². The largest absolute Gasteiger partial charge is 0.467 e. The highest BCUT2D eigenvalue weighted by Gasteiger charge is 2.07. The third-order valence-corrected chi connectivity index (χ3v) is 2.47. The minimum absolute atomic E-state index is 0.0143. The molecule has 0 aliphatic rings. The van der Waals surface area contributed by atoms with Gasteiger partial charge < -0.3 is 20.3 Å². The summed E-state index contributed by atoms with van der Waals surface area (Å²) in [7, 11) is 0. The van der Waals surface area contributed by atoms with Gasteiger partial charge in [0.2, 0.25) is 0 Å². The van der Waals surface area contributed by atoms with Gasteiger partial charge in [-0.05, 0) is 6.92 Å². The number of aliphatic hydroxyl groups is 2. The molecule has 2 unspecified atom stereocenters. The van der Waals surface area contributed by atoms with Gasteiger partial charge in [-0.25, -0.2) is 4.98 Å². The molecule has 0 saturated carbocycles. The van der Waals surface area contributed by atoms with Crippen LogP contribution < -0.4 is 10.1 Å². The average Bonchev–Trinajstić information content (AvgIpc) is 2.75. The van der Waals surface area contributed by atoms with Gasteiger partial charge in [0, 0.05) is 24.2 Å². The first-order valence-electron chi connectivity index (χ1n) is 4.77. The Morgan fingerprint density at radius 3 is 3.07 bits per heavy atom. The van der Waals surface area contributed by atoms with Crippen molar-refractivity contribution in [3.8, 4) is 5.19 Å². The Kier molecular flexibility index (Phi) is 5.56. The smallest absolute Gasteiger partial charge is 0.273 e. The first-order chi connectivity index (χ1) is 7.22. The summed E-state index contributed by atoms with van der Waals surface area (Å²) in [6.45, 7) is 2.50. The van der Waals surface area contributed by atoms with E-state index in [2.05, 4.69) is 10.3 Å². The molecule has 0 aliphatic heterocycles. The van der Waals surface area contributed by atoms with Gasteiger partial charge in [-0.15, -0.1) is 0 Å². The number of hydrogen-bond acceptors (Lipinski definition) is 6. The minimum Gasteiger partial charge on any atom is -0.467 e. The van der Waals surface area contributed by atoms with Gasteiger partial charge in [-0.1, -0.05) is 11.3 Å². The van der Waals surface area contributed by atoms with Crippen LogP contribution in [0.2, 0.25) is 0 Å². The Morgan fingerprint density at radius 1 is 1.67 bits per heavy atom. The fraction of sp³-hybridized carbons (Fsp3) is 0.667. The molecule has 1 aromatic heterocycles. The highest BCUT2D eigenvalue weighted by atomic mass is 32.1. The fourth-order valence-corrected chi connectivity index (χ4v) is 1.41. The zero-order valence-corrected chi connectivity index (χ0v) is 9.41. The zero-order valence-electron chi connectivity index (χ0n) is 8.59. The van der Waals surface area contributed by atoms with Crippen molar-refractivity contribution in [3.63, 3.8) is 0 Å². The molecule has 0 amide bonds. The molecule has 0 saturated heterocycles. The lowest BCUT2D eigenvalue weighted by Crippen LogP contribution is -2.38. The van der Waals surface area contributed by atoms with Crippen molar-refractivity contribution < 1.29 is 14.9 Å². The van der Waals surface area contributed by atoms with Crippen molar-refractivity contribution >= 4 is 11.3 Å². The maximum Gasteiger partial charge on any atom is 0.273 e. The number of hydrogen-bond donors (Lipinski definition) is 3. The Balaban J connectivity index is 2.11. The molecule has 2 atom stereocenters. The van der Waals surface area contributed by atoms with Crippen LogP contribution in [0.3, 0.4) is 0 Å².